The SMILES string of the molecule is O=C(Nc1ccc(CO)cc1)c1cc(Br)cn1C1CC1. The van der Waals surface area contributed by atoms with Crippen LogP contribution in [0.4, 0.5) is 5.69 Å². The molecule has 4 nitrogen and oxygen atoms in total. The zero-order valence-electron chi connectivity index (χ0n) is 10.8. The molecular formula is C15H15BrN2O2. The van der Waals surface area contributed by atoms with Crippen molar-refractivity contribution < 1.29 is 9.90 Å². The highest BCUT2D eigenvalue weighted by atomic mass is 79.9. The van der Waals surface area contributed by atoms with Gasteiger partial charge in [-0.15, -0.1) is 0 Å². The van der Waals surface area contributed by atoms with Crippen LogP contribution < -0.4 is 5.32 Å². The Kier molecular flexibility index (Phi) is 3.63. The second kappa shape index (κ2) is 5.42. The van der Waals surface area contributed by atoms with E-state index in [1.807, 2.05) is 16.8 Å². The first-order chi connectivity index (χ1) is 9.67. The molecule has 2 N–H and O–H groups in total. The van der Waals surface area contributed by atoms with Gasteiger partial charge in [-0.1, -0.05) is 12.1 Å². The third-order valence-corrected chi connectivity index (χ3v) is 3.82. The first-order valence-electron chi connectivity index (χ1n) is 6.56. The minimum atomic E-state index is -0.112. The molecule has 1 saturated carbocycles. The van der Waals surface area contributed by atoms with E-state index in [1.54, 1.807) is 24.3 Å². The van der Waals surface area contributed by atoms with E-state index in [-0.39, 0.29) is 12.5 Å². The van der Waals surface area contributed by atoms with Gasteiger partial charge < -0.3 is 15.0 Å². The summed E-state index contributed by atoms with van der Waals surface area (Å²) in [5, 5.41) is 11.9. The van der Waals surface area contributed by atoms with Crippen LogP contribution in [0.15, 0.2) is 41.0 Å². The van der Waals surface area contributed by atoms with E-state index in [4.69, 9.17) is 5.11 Å². The molecule has 3 rings (SSSR count). The Labute approximate surface area is 125 Å². The normalized spacial score (nSPS) is 14.3. The van der Waals surface area contributed by atoms with Crippen molar-refractivity contribution in [3.63, 3.8) is 0 Å². The van der Waals surface area contributed by atoms with Gasteiger partial charge >= 0.3 is 0 Å². The van der Waals surface area contributed by atoms with E-state index in [0.29, 0.717) is 11.7 Å². The van der Waals surface area contributed by atoms with Gasteiger partial charge in [0, 0.05) is 22.4 Å². The van der Waals surface area contributed by atoms with Crippen molar-refractivity contribution in [2.24, 2.45) is 0 Å². The van der Waals surface area contributed by atoms with Gasteiger partial charge in [-0.25, -0.2) is 0 Å². The Morgan fingerprint density at radius 2 is 2.05 bits per heavy atom. The lowest BCUT2D eigenvalue weighted by atomic mass is 10.2. The van der Waals surface area contributed by atoms with E-state index < -0.39 is 0 Å². The van der Waals surface area contributed by atoms with Crippen LogP contribution in [0.1, 0.15) is 34.9 Å². The molecule has 1 heterocycles. The largest absolute Gasteiger partial charge is 0.392 e. The summed E-state index contributed by atoms with van der Waals surface area (Å²) >= 11 is 3.42. The second-order valence-electron chi connectivity index (χ2n) is 4.99. The summed E-state index contributed by atoms with van der Waals surface area (Å²) in [6, 6.07) is 9.48. The molecule has 1 aromatic heterocycles. The van der Waals surface area contributed by atoms with Gasteiger partial charge in [-0.3, -0.25) is 4.79 Å². The molecule has 1 amide bonds. The molecule has 5 heteroatoms. The summed E-state index contributed by atoms with van der Waals surface area (Å²) in [6.07, 6.45) is 4.22. The van der Waals surface area contributed by atoms with Gasteiger partial charge in [0.25, 0.3) is 5.91 Å². The number of halogens is 1. The van der Waals surface area contributed by atoms with Crippen molar-refractivity contribution >= 4 is 27.5 Å². The molecule has 0 unspecified atom stereocenters. The molecule has 1 aliphatic rings. The van der Waals surface area contributed by atoms with Crippen molar-refractivity contribution in [3.8, 4) is 0 Å². The second-order valence-corrected chi connectivity index (χ2v) is 5.91. The maximum Gasteiger partial charge on any atom is 0.272 e. The maximum atomic E-state index is 12.3. The Morgan fingerprint density at radius 3 is 2.65 bits per heavy atom. The number of amides is 1. The highest BCUT2D eigenvalue weighted by molar-refractivity contribution is 9.10. The monoisotopic (exact) mass is 334 g/mol. The molecule has 0 spiro atoms. The third-order valence-electron chi connectivity index (χ3n) is 3.38. The fourth-order valence-corrected chi connectivity index (χ4v) is 2.61. The van der Waals surface area contributed by atoms with Crippen LogP contribution in [-0.4, -0.2) is 15.6 Å². The third kappa shape index (κ3) is 2.78. The standard InChI is InChI=1S/C15H15BrN2O2/c16-11-7-14(18(8-11)13-5-6-13)15(20)17-12-3-1-10(9-19)2-4-12/h1-4,7-8,13,19H,5-6,9H2,(H,17,20). The minimum Gasteiger partial charge on any atom is -0.392 e. The minimum absolute atomic E-state index is 0.00566. The van der Waals surface area contributed by atoms with E-state index in [1.165, 1.54) is 0 Å². The van der Waals surface area contributed by atoms with Gasteiger partial charge in [0.05, 0.1) is 6.61 Å². The smallest absolute Gasteiger partial charge is 0.272 e. The van der Waals surface area contributed by atoms with E-state index in [9.17, 15) is 4.79 Å². The molecule has 0 atom stereocenters. The molecule has 20 heavy (non-hydrogen) atoms. The summed E-state index contributed by atoms with van der Waals surface area (Å²) in [6.45, 7) is 0.00566. The Balaban J connectivity index is 1.78. The first kappa shape index (κ1) is 13.4. The number of carbonyl (C=O) groups excluding carboxylic acids is 1. The predicted octanol–water partition coefficient (Wildman–Crippen LogP) is 3.33. The van der Waals surface area contributed by atoms with Crippen molar-refractivity contribution in [3.05, 3.63) is 52.3 Å². The number of nitrogens with one attached hydrogen (secondary N) is 1. The molecule has 0 aliphatic heterocycles. The number of hydrogen-bond acceptors (Lipinski definition) is 2. The van der Waals surface area contributed by atoms with Crippen molar-refractivity contribution in [2.45, 2.75) is 25.5 Å². The van der Waals surface area contributed by atoms with Crippen LogP contribution in [-0.2, 0) is 6.61 Å². The molecule has 104 valence electrons. The van der Waals surface area contributed by atoms with Crippen molar-refractivity contribution in [2.75, 3.05) is 5.32 Å². The summed E-state index contributed by atoms with van der Waals surface area (Å²) in [5.74, 6) is -0.112. The predicted molar refractivity (Wildman–Crippen MR) is 80.7 cm³/mol. The highest BCUT2D eigenvalue weighted by Gasteiger charge is 2.27. The lowest BCUT2D eigenvalue weighted by molar-refractivity contribution is 0.101. The average molecular weight is 335 g/mol. The summed E-state index contributed by atoms with van der Waals surface area (Å²) < 4.78 is 2.95. The fraction of sp³-hybridized carbons (Fsp3) is 0.267. The van der Waals surface area contributed by atoms with Crippen LogP contribution in [0, 0.1) is 0 Å². The van der Waals surface area contributed by atoms with Crippen LogP contribution in [0.3, 0.4) is 0 Å². The van der Waals surface area contributed by atoms with Crippen molar-refractivity contribution in [1.82, 2.24) is 4.57 Å². The van der Waals surface area contributed by atoms with Crippen molar-refractivity contribution in [1.29, 1.82) is 0 Å². The number of anilines is 1. The number of aliphatic hydroxyl groups is 1. The van der Waals surface area contributed by atoms with Gasteiger partial charge in [-0.05, 0) is 52.5 Å². The Morgan fingerprint density at radius 1 is 1.35 bits per heavy atom. The molecule has 1 aliphatic carbocycles. The topological polar surface area (TPSA) is 54.3 Å². The summed E-state index contributed by atoms with van der Waals surface area (Å²) in [4.78, 5) is 12.3. The quantitative estimate of drug-likeness (QED) is 0.900. The lowest BCUT2D eigenvalue weighted by Gasteiger charge is -2.09. The summed E-state index contributed by atoms with van der Waals surface area (Å²) in [5.41, 5.74) is 2.23. The number of carbonyl (C=O) groups is 1. The molecule has 1 fully saturated rings. The molecular weight excluding hydrogens is 320 g/mol. The van der Waals surface area contributed by atoms with E-state index in [0.717, 1.165) is 28.6 Å². The van der Waals surface area contributed by atoms with Gasteiger partial charge in [0.1, 0.15) is 5.69 Å². The van der Waals surface area contributed by atoms with E-state index in [2.05, 4.69) is 21.2 Å². The Hall–Kier alpha value is -1.59. The highest BCUT2D eigenvalue weighted by Crippen LogP contribution is 2.37. The fourth-order valence-electron chi connectivity index (χ4n) is 2.17. The average Bonchev–Trinajstić information content (AvgIpc) is 3.22. The maximum absolute atomic E-state index is 12.3. The van der Waals surface area contributed by atoms with Crippen LogP contribution in [0.25, 0.3) is 0 Å². The lowest BCUT2D eigenvalue weighted by Crippen LogP contribution is -2.16. The molecule has 0 radical (unpaired) electrons. The first-order valence-corrected chi connectivity index (χ1v) is 7.35. The number of benzene rings is 1. The van der Waals surface area contributed by atoms with Gasteiger partial charge in [0.2, 0.25) is 0 Å². The number of nitrogens with zero attached hydrogens (tertiary/aromatic N) is 1. The number of aromatic nitrogens is 1. The molecule has 0 bridgehead atoms. The van der Waals surface area contributed by atoms with Gasteiger partial charge in [0.15, 0.2) is 0 Å². The zero-order valence-corrected chi connectivity index (χ0v) is 12.4. The number of rotatable bonds is 4. The van der Waals surface area contributed by atoms with Gasteiger partial charge in [-0.2, -0.15) is 0 Å². The van der Waals surface area contributed by atoms with Crippen LogP contribution in [0.2, 0.25) is 0 Å². The van der Waals surface area contributed by atoms with Crippen LogP contribution in [0.5, 0.6) is 0 Å². The molecule has 0 saturated heterocycles. The molecule has 1 aromatic carbocycles. The summed E-state index contributed by atoms with van der Waals surface area (Å²) in [7, 11) is 0. The van der Waals surface area contributed by atoms with Crippen LogP contribution >= 0.6 is 15.9 Å². The molecule has 2 aromatic rings. The number of hydrogen-bond donors (Lipinski definition) is 2. The zero-order chi connectivity index (χ0) is 14.1. The Bertz CT molecular complexity index is 630. The van der Waals surface area contributed by atoms with E-state index >= 15 is 0 Å². The number of aliphatic hydroxyl groups excluding tert-OH is 1.